The van der Waals surface area contributed by atoms with E-state index in [1.54, 1.807) is 0 Å². The molecule has 0 bridgehead atoms. The van der Waals surface area contributed by atoms with Gasteiger partial charge < -0.3 is 20.6 Å². The minimum atomic E-state index is -1.25. The van der Waals surface area contributed by atoms with Crippen LogP contribution in [0.1, 0.15) is 0 Å². The zero-order valence-electron chi connectivity index (χ0n) is 8.85. The highest BCUT2D eigenvalue weighted by Crippen LogP contribution is 2.13. The van der Waals surface area contributed by atoms with Crippen molar-refractivity contribution >= 4 is 11.5 Å². The molecule has 0 saturated carbocycles. The third kappa shape index (κ3) is 2.02. The molecular formula is C8H12N6O3. The number of fused-ring (bicyclic) bond motifs is 1. The van der Waals surface area contributed by atoms with Gasteiger partial charge in [-0.15, -0.1) is 5.10 Å². The summed E-state index contributed by atoms with van der Waals surface area (Å²) in [5, 5.41) is 41.2. The number of aliphatic hydroxyl groups is 3. The molecule has 2 aromatic rings. The van der Waals surface area contributed by atoms with Crippen LogP contribution in [0, 0.1) is 0 Å². The van der Waals surface area contributed by atoms with E-state index in [4.69, 9.17) is 0 Å². The van der Waals surface area contributed by atoms with Gasteiger partial charge in [-0.2, -0.15) is 4.52 Å². The van der Waals surface area contributed by atoms with E-state index in [9.17, 15) is 15.3 Å². The van der Waals surface area contributed by atoms with Crippen molar-refractivity contribution in [3.8, 4) is 0 Å². The van der Waals surface area contributed by atoms with E-state index < -0.39 is 25.4 Å². The molecule has 0 amide bonds. The van der Waals surface area contributed by atoms with Gasteiger partial charge >= 0.3 is 0 Å². The van der Waals surface area contributed by atoms with Gasteiger partial charge in [0, 0.05) is 0 Å². The summed E-state index contributed by atoms with van der Waals surface area (Å²) in [6.45, 7) is -1.34. The maximum Gasteiger partial charge on any atom is 0.199 e. The highest BCUT2D eigenvalue weighted by molar-refractivity contribution is 5.45. The van der Waals surface area contributed by atoms with Gasteiger partial charge in [-0.25, -0.2) is 0 Å². The summed E-state index contributed by atoms with van der Waals surface area (Å²) in [7, 11) is 0. The Morgan fingerprint density at radius 2 is 1.88 bits per heavy atom. The number of rotatable bonds is 5. The first-order valence-electron chi connectivity index (χ1n) is 4.87. The fourth-order valence-electron chi connectivity index (χ4n) is 1.30. The lowest BCUT2D eigenvalue weighted by Gasteiger charge is -2.29. The Morgan fingerprint density at radius 3 is 2.53 bits per heavy atom. The zero-order valence-corrected chi connectivity index (χ0v) is 8.85. The fourth-order valence-corrected chi connectivity index (χ4v) is 1.30. The molecule has 9 heteroatoms. The largest absolute Gasteiger partial charge is 0.394 e. The molecule has 0 aliphatic heterocycles. The summed E-state index contributed by atoms with van der Waals surface area (Å²) in [4.78, 5) is 3.90. The van der Waals surface area contributed by atoms with Gasteiger partial charge in [-0.05, 0) is 10.4 Å². The van der Waals surface area contributed by atoms with E-state index in [0.717, 1.165) is 0 Å². The van der Waals surface area contributed by atoms with Crippen LogP contribution in [0.4, 0.5) is 5.82 Å². The first-order valence-corrected chi connectivity index (χ1v) is 4.87. The second kappa shape index (κ2) is 4.57. The zero-order chi connectivity index (χ0) is 12.3. The normalized spacial score (nSPS) is 11.9. The molecule has 0 aliphatic carbocycles. The quantitative estimate of drug-likeness (QED) is 0.457. The van der Waals surface area contributed by atoms with Crippen molar-refractivity contribution < 1.29 is 15.3 Å². The molecule has 0 saturated heterocycles. The highest BCUT2D eigenvalue weighted by atomic mass is 16.3. The van der Waals surface area contributed by atoms with E-state index in [1.807, 2.05) is 0 Å². The van der Waals surface area contributed by atoms with Crippen LogP contribution in [-0.4, -0.2) is 65.7 Å². The van der Waals surface area contributed by atoms with Crippen LogP contribution in [0.15, 0.2) is 12.4 Å². The Morgan fingerprint density at radius 1 is 1.18 bits per heavy atom. The van der Waals surface area contributed by atoms with Crippen LogP contribution >= 0.6 is 0 Å². The smallest absolute Gasteiger partial charge is 0.199 e. The van der Waals surface area contributed by atoms with Crippen molar-refractivity contribution in [2.75, 3.05) is 25.1 Å². The second-order valence-corrected chi connectivity index (χ2v) is 3.62. The Hall–Kier alpha value is -1.84. The third-order valence-corrected chi connectivity index (χ3v) is 2.41. The first-order chi connectivity index (χ1) is 8.24. The number of nitrogens with one attached hydrogen (secondary N) is 1. The molecule has 0 aliphatic rings. The van der Waals surface area contributed by atoms with Gasteiger partial charge in [-0.3, -0.25) is 4.98 Å². The first kappa shape index (κ1) is 11.6. The second-order valence-electron chi connectivity index (χ2n) is 3.62. The molecule has 2 aromatic heterocycles. The van der Waals surface area contributed by atoms with Crippen LogP contribution < -0.4 is 5.32 Å². The van der Waals surface area contributed by atoms with Gasteiger partial charge in [0.25, 0.3) is 0 Å². The Kier molecular flexibility index (Phi) is 3.13. The summed E-state index contributed by atoms with van der Waals surface area (Å²) < 4.78 is 1.35. The topological polar surface area (TPSA) is 129 Å². The van der Waals surface area contributed by atoms with Crippen LogP contribution in [-0.2, 0) is 0 Å². The average molecular weight is 240 g/mol. The van der Waals surface area contributed by atoms with Crippen molar-refractivity contribution in [3.05, 3.63) is 12.4 Å². The molecular weight excluding hydrogens is 228 g/mol. The van der Waals surface area contributed by atoms with Gasteiger partial charge in [0.1, 0.15) is 5.54 Å². The molecule has 9 nitrogen and oxygen atoms in total. The molecule has 0 unspecified atom stereocenters. The lowest BCUT2D eigenvalue weighted by Crippen LogP contribution is -2.49. The number of hydrogen-bond acceptors (Lipinski definition) is 8. The van der Waals surface area contributed by atoms with Crippen molar-refractivity contribution in [2.24, 2.45) is 0 Å². The molecule has 0 fully saturated rings. The summed E-state index contributed by atoms with van der Waals surface area (Å²) in [5.74, 6) is 0.365. The fraction of sp³-hybridized carbons (Fsp3) is 0.500. The molecule has 0 atom stereocenters. The number of tetrazole rings is 1. The molecule has 4 N–H and O–H groups in total. The molecule has 0 radical (unpaired) electrons. The van der Waals surface area contributed by atoms with Crippen molar-refractivity contribution in [2.45, 2.75) is 5.54 Å². The number of nitrogens with zero attached hydrogens (tertiary/aromatic N) is 5. The molecule has 17 heavy (non-hydrogen) atoms. The minimum Gasteiger partial charge on any atom is -0.394 e. The van der Waals surface area contributed by atoms with Crippen LogP contribution in [0.25, 0.3) is 5.65 Å². The number of hydrogen-bond donors (Lipinski definition) is 4. The van der Waals surface area contributed by atoms with Crippen LogP contribution in [0.3, 0.4) is 0 Å². The lowest BCUT2D eigenvalue weighted by molar-refractivity contribution is 0.0829. The van der Waals surface area contributed by atoms with E-state index >= 15 is 0 Å². The van der Waals surface area contributed by atoms with Crippen molar-refractivity contribution in [3.63, 3.8) is 0 Å². The van der Waals surface area contributed by atoms with E-state index in [2.05, 4.69) is 25.8 Å². The molecule has 2 rings (SSSR count). The molecule has 0 aromatic carbocycles. The van der Waals surface area contributed by atoms with Gasteiger partial charge in [-0.1, -0.05) is 0 Å². The SMILES string of the molecule is OCC(CO)(CO)Nc1cncc2nnnn12. The highest BCUT2D eigenvalue weighted by Gasteiger charge is 2.28. The summed E-state index contributed by atoms with van der Waals surface area (Å²) in [5.41, 5.74) is -0.834. The third-order valence-electron chi connectivity index (χ3n) is 2.41. The summed E-state index contributed by atoms with van der Waals surface area (Å²) in [6, 6.07) is 0. The standard InChI is InChI=1S/C8H12N6O3/c15-3-8(4-16,5-17)10-6-1-9-2-7-11-12-13-14(6)7/h1-2,10,15-17H,3-5H2. The number of anilines is 1. The minimum absolute atomic E-state index is 0.365. The van der Waals surface area contributed by atoms with Crippen LogP contribution in [0.2, 0.25) is 0 Å². The lowest BCUT2D eigenvalue weighted by atomic mass is 10.0. The maximum absolute atomic E-state index is 9.20. The van der Waals surface area contributed by atoms with Crippen molar-refractivity contribution in [1.29, 1.82) is 0 Å². The number of aromatic nitrogens is 5. The maximum atomic E-state index is 9.20. The van der Waals surface area contributed by atoms with Gasteiger partial charge in [0.2, 0.25) is 0 Å². The average Bonchev–Trinajstić information content (AvgIpc) is 2.85. The van der Waals surface area contributed by atoms with Gasteiger partial charge in [0.15, 0.2) is 11.5 Å². The van der Waals surface area contributed by atoms with Gasteiger partial charge in [0.05, 0.1) is 32.2 Å². The molecule has 0 spiro atoms. The predicted molar refractivity (Wildman–Crippen MR) is 56.2 cm³/mol. The van der Waals surface area contributed by atoms with E-state index in [0.29, 0.717) is 11.5 Å². The Balaban J connectivity index is 2.37. The summed E-state index contributed by atoms with van der Waals surface area (Å²) in [6.07, 6.45) is 2.89. The Bertz CT molecular complexity index is 488. The predicted octanol–water partition coefficient (Wildman–Crippen LogP) is -2.35. The molecule has 92 valence electrons. The monoisotopic (exact) mass is 240 g/mol. The van der Waals surface area contributed by atoms with E-state index in [-0.39, 0.29) is 0 Å². The van der Waals surface area contributed by atoms with Crippen LogP contribution in [0.5, 0.6) is 0 Å². The molecule has 2 heterocycles. The van der Waals surface area contributed by atoms with Crippen molar-refractivity contribution in [1.82, 2.24) is 25.0 Å². The van der Waals surface area contributed by atoms with E-state index in [1.165, 1.54) is 16.9 Å². The number of aliphatic hydroxyl groups excluding tert-OH is 3. The Labute approximate surface area is 95.7 Å². The summed E-state index contributed by atoms with van der Waals surface area (Å²) >= 11 is 0.